The highest BCUT2D eigenvalue weighted by Gasteiger charge is 2.18. The summed E-state index contributed by atoms with van der Waals surface area (Å²) in [5.74, 6) is 0. The van der Waals surface area contributed by atoms with Crippen LogP contribution in [0, 0.1) is 0 Å². The highest BCUT2D eigenvalue weighted by molar-refractivity contribution is 6.06. The number of fused-ring (bicyclic) bond motifs is 4. The first kappa shape index (κ1) is 35.2. The van der Waals surface area contributed by atoms with Crippen molar-refractivity contribution in [2.45, 2.75) is 0 Å². The average Bonchev–Trinajstić information content (AvgIpc) is 3.70. The van der Waals surface area contributed by atoms with Gasteiger partial charge in [-0.2, -0.15) is 0 Å². The molecule has 0 aliphatic rings. The minimum Gasteiger partial charge on any atom is -0.456 e. The average molecular weight is 766 g/mol. The second kappa shape index (κ2) is 15.1. The van der Waals surface area contributed by atoms with Gasteiger partial charge in [-0.15, -0.1) is 0 Å². The zero-order valence-corrected chi connectivity index (χ0v) is 32.9. The molecule has 0 aliphatic carbocycles. The number of para-hydroxylation sites is 1. The monoisotopic (exact) mass is 765 g/mol. The van der Waals surface area contributed by atoms with Gasteiger partial charge in [0.25, 0.3) is 0 Å². The molecule has 11 rings (SSSR count). The topological polar surface area (TPSA) is 16.4 Å². The molecule has 60 heavy (non-hydrogen) atoms. The van der Waals surface area contributed by atoms with Crippen LogP contribution in [0.25, 0.3) is 88.3 Å². The Morgan fingerprint density at radius 2 is 0.750 bits per heavy atom. The predicted molar refractivity (Wildman–Crippen MR) is 253 cm³/mol. The summed E-state index contributed by atoms with van der Waals surface area (Å²) in [5, 5.41) is 4.77. The highest BCUT2D eigenvalue weighted by atomic mass is 16.3. The van der Waals surface area contributed by atoms with Crippen LogP contribution in [0.2, 0.25) is 0 Å². The third-order valence-electron chi connectivity index (χ3n) is 11.6. The Kier molecular flexibility index (Phi) is 8.87. The molecule has 0 saturated carbocycles. The first-order valence-corrected chi connectivity index (χ1v) is 20.5. The maximum Gasteiger partial charge on any atom is 0.135 e. The third kappa shape index (κ3) is 6.61. The van der Waals surface area contributed by atoms with Crippen LogP contribution in [0.1, 0.15) is 0 Å². The van der Waals surface area contributed by atoms with Gasteiger partial charge < -0.3 is 9.32 Å². The van der Waals surface area contributed by atoms with Crippen LogP contribution in [0.4, 0.5) is 17.1 Å². The van der Waals surface area contributed by atoms with Crippen molar-refractivity contribution in [3.05, 3.63) is 237 Å². The van der Waals surface area contributed by atoms with E-state index < -0.39 is 0 Å². The van der Waals surface area contributed by atoms with Crippen LogP contribution in [0.5, 0.6) is 0 Å². The Hall–Kier alpha value is -7.94. The number of furan rings is 1. The largest absolute Gasteiger partial charge is 0.456 e. The van der Waals surface area contributed by atoms with Crippen molar-refractivity contribution < 1.29 is 4.42 Å². The molecule has 0 unspecified atom stereocenters. The van der Waals surface area contributed by atoms with Crippen molar-refractivity contribution in [1.29, 1.82) is 0 Å². The van der Waals surface area contributed by atoms with E-state index in [2.05, 4.69) is 229 Å². The Balaban J connectivity index is 1.03. The van der Waals surface area contributed by atoms with E-state index in [-0.39, 0.29) is 0 Å². The van der Waals surface area contributed by atoms with Crippen molar-refractivity contribution in [3.63, 3.8) is 0 Å². The fraction of sp³-hybridized carbons (Fsp3) is 0. The van der Waals surface area contributed by atoms with Gasteiger partial charge in [0.2, 0.25) is 0 Å². The molecule has 2 heteroatoms. The summed E-state index contributed by atoms with van der Waals surface area (Å²) in [5.41, 5.74) is 16.8. The maximum absolute atomic E-state index is 6.19. The summed E-state index contributed by atoms with van der Waals surface area (Å²) in [6, 6.07) is 85.0. The van der Waals surface area contributed by atoms with E-state index in [9.17, 15) is 0 Å². The molecule has 0 amide bonds. The molecule has 0 bridgehead atoms. The van der Waals surface area contributed by atoms with Gasteiger partial charge in [0.15, 0.2) is 0 Å². The Bertz CT molecular complexity index is 3230. The van der Waals surface area contributed by atoms with Gasteiger partial charge in [0, 0.05) is 27.8 Å². The van der Waals surface area contributed by atoms with E-state index in [0.29, 0.717) is 0 Å². The fourth-order valence-electron chi connectivity index (χ4n) is 8.63. The van der Waals surface area contributed by atoms with Crippen molar-refractivity contribution in [2.75, 3.05) is 4.90 Å². The van der Waals surface area contributed by atoms with Gasteiger partial charge in [-0.25, -0.2) is 0 Å². The van der Waals surface area contributed by atoms with Crippen LogP contribution < -0.4 is 4.90 Å². The number of nitrogens with zero attached hydrogens (tertiary/aromatic N) is 1. The van der Waals surface area contributed by atoms with Crippen LogP contribution in [0.15, 0.2) is 241 Å². The first-order chi connectivity index (χ1) is 29.7. The Morgan fingerprint density at radius 3 is 1.48 bits per heavy atom. The van der Waals surface area contributed by atoms with Gasteiger partial charge >= 0.3 is 0 Å². The SMILES string of the molecule is c1ccc(-c2cc(-c3ccccc3)cc(N(c3ccc(-c4ccc(-c5cccc6ccccc56)cc4)cc3)c3cccc(-c4ccc5oc6ccccc6c5c4)c3)c2)cc1. The number of hydrogen-bond donors (Lipinski definition) is 0. The summed E-state index contributed by atoms with van der Waals surface area (Å²) >= 11 is 0. The Morgan fingerprint density at radius 1 is 0.250 bits per heavy atom. The quantitative estimate of drug-likeness (QED) is 0.153. The minimum atomic E-state index is 0.896. The van der Waals surface area contributed by atoms with Gasteiger partial charge in [-0.1, -0.05) is 176 Å². The molecule has 0 radical (unpaired) electrons. The summed E-state index contributed by atoms with van der Waals surface area (Å²) in [7, 11) is 0. The third-order valence-corrected chi connectivity index (χ3v) is 11.6. The summed E-state index contributed by atoms with van der Waals surface area (Å²) in [6.45, 7) is 0. The molecule has 1 heterocycles. The van der Waals surface area contributed by atoms with E-state index in [1.54, 1.807) is 0 Å². The van der Waals surface area contributed by atoms with Crippen LogP contribution in [0.3, 0.4) is 0 Å². The highest BCUT2D eigenvalue weighted by Crippen LogP contribution is 2.42. The van der Waals surface area contributed by atoms with E-state index in [4.69, 9.17) is 4.42 Å². The number of hydrogen-bond acceptors (Lipinski definition) is 2. The normalized spacial score (nSPS) is 11.3. The maximum atomic E-state index is 6.19. The van der Waals surface area contributed by atoms with Crippen molar-refractivity contribution in [1.82, 2.24) is 0 Å². The van der Waals surface area contributed by atoms with Crippen molar-refractivity contribution in [3.8, 4) is 55.6 Å². The lowest BCUT2D eigenvalue weighted by Gasteiger charge is -2.27. The molecular weight excluding hydrogens is 727 g/mol. The molecule has 282 valence electrons. The van der Waals surface area contributed by atoms with Gasteiger partial charge in [-0.3, -0.25) is 0 Å². The van der Waals surface area contributed by atoms with Crippen molar-refractivity contribution in [2.24, 2.45) is 0 Å². The molecule has 0 fully saturated rings. The van der Waals surface area contributed by atoms with E-state index in [0.717, 1.165) is 61.3 Å². The lowest BCUT2D eigenvalue weighted by Crippen LogP contribution is -2.10. The van der Waals surface area contributed by atoms with Gasteiger partial charge in [0.1, 0.15) is 11.2 Å². The van der Waals surface area contributed by atoms with Gasteiger partial charge in [0.05, 0.1) is 0 Å². The molecule has 0 atom stereocenters. The molecule has 10 aromatic carbocycles. The minimum absolute atomic E-state index is 0.896. The molecule has 2 nitrogen and oxygen atoms in total. The summed E-state index contributed by atoms with van der Waals surface area (Å²) < 4.78 is 6.19. The predicted octanol–water partition coefficient (Wildman–Crippen LogP) is 16.5. The number of rotatable bonds is 8. The Labute approximate surface area is 349 Å². The van der Waals surface area contributed by atoms with Crippen molar-refractivity contribution >= 4 is 49.8 Å². The van der Waals surface area contributed by atoms with Crippen LogP contribution in [-0.4, -0.2) is 0 Å². The van der Waals surface area contributed by atoms with Crippen LogP contribution in [-0.2, 0) is 0 Å². The van der Waals surface area contributed by atoms with E-state index in [1.165, 1.54) is 44.2 Å². The standard InChI is InChI=1S/C58H39NO/c1-3-13-40(14-4-1)48-35-49(41-15-5-2-6-16-41)38-52(37-48)59(51-20-11-19-46(36-51)47-31-34-58-56(39-47)55-22-9-10-24-57(55)60-58)50-32-29-43(30-33-50)42-25-27-45(28-26-42)54-23-12-18-44-17-7-8-21-53(44)54/h1-39H. The fourth-order valence-corrected chi connectivity index (χ4v) is 8.63. The van der Waals surface area contributed by atoms with E-state index in [1.807, 2.05) is 12.1 Å². The molecule has 0 saturated heterocycles. The lowest BCUT2D eigenvalue weighted by molar-refractivity contribution is 0.669. The smallest absolute Gasteiger partial charge is 0.135 e. The summed E-state index contributed by atoms with van der Waals surface area (Å²) in [6.07, 6.45) is 0. The zero-order valence-electron chi connectivity index (χ0n) is 32.9. The van der Waals surface area contributed by atoms with E-state index >= 15 is 0 Å². The molecule has 0 spiro atoms. The molecular formula is C58H39NO. The number of benzene rings is 10. The molecule has 1 aromatic heterocycles. The second-order valence-corrected chi connectivity index (χ2v) is 15.3. The lowest BCUT2D eigenvalue weighted by atomic mass is 9.96. The second-order valence-electron chi connectivity index (χ2n) is 15.3. The first-order valence-electron chi connectivity index (χ1n) is 20.5. The zero-order chi connectivity index (χ0) is 39.8. The molecule has 0 N–H and O–H groups in total. The summed E-state index contributed by atoms with van der Waals surface area (Å²) in [4.78, 5) is 2.39. The number of anilines is 3. The molecule has 0 aliphatic heterocycles. The van der Waals surface area contributed by atoms with Crippen LogP contribution >= 0.6 is 0 Å². The van der Waals surface area contributed by atoms with Gasteiger partial charge in [-0.05, 0) is 127 Å². The molecule has 11 aromatic rings.